The number of likely N-dealkylation sites (tertiary alicyclic amines) is 1. The maximum atomic E-state index is 13.5. The predicted octanol–water partition coefficient (Wildman–Crippen LogP) is 3.64. The lowest BCUT2D eigenvalue weighted by Gasteiger charge is -2.34. The summed E-state index contributed by atoms with van der Waals surface area (Å²) in [6, 6.07) is 14.8. The van der Waals surface area contributed by atoms with E-state index in [0.29, 0.717) is 22.7 Å². The number of nitrogens with zero attached hydrogens (tertiary/aromatic N) is 2. The molecule has 1 aliphatic rings. The Balaban J connectivity index is 1.69. The maximum Gasteiger partial charge on any atom is 0.326 e. The summed E-state index contributed by atoms with van der Waals surface area (Å²) in [5.41, 5.74) is 1.53. The zero-order valence-corrected chi connectivity index (χ0v) is 21.8. The van der Waals surface area contributed by atoms with Crippen LogP contribution in [0.3, 0.4) is 0 Å². The van der Waals surface area contributed by atoms with E-state index in [-0.39, 0.29) is 13.0 Å². The van der Waals surface area contributed by atoms with Gasteiger partial charge in [0, 0.05) is 29.5 Å². The zero-order valence-electron chi connectivity index (χ0n) is 21.8. The molecular formula is C28H30BN3O6. The van der Waals surface area contributed by atoms with Gasteiger partial charge < -0.3 is 24.8 Å². The summed E-state index contributed by atoms with van der Waals surface area (Å²) in [5, 5.41) is 13.1. The molecule has 1 saturated heterocycles. The minimum Gasteiger partial charge on any atom is -0.497 e. The monoisotopic (exact) mass is 515 g/mol. The first-order chi connectivity index (χ1) is 18.0. The van der Waals surface area contributed by atoms with Crippen molar-refractivity contribution in [2.45, 2.75) is 45.4 Å². The third kappa shape index (κ3) is 5.74. The largest absolute Gasteiger partial charge is 0.497 e. The average Bonchev–Trinajstić information content (AvgIpc) is 3.30. The number of benzene rings is 2. The average molecular weight is 515 g/mol. The number of nitrogens with one attached hydrogen (secondary N) is 1. The van der Waals surface area contributed by atoms with Crippen molar-refractivity contribution in [3.05, 3.63) is 54.6 Å². The van der Waals surface area contributed by atoms with Gasteiger partial charge in [-0.05, 0) is 17.5 Å². The van der Waals surface area contributed by atoms with Crippen molar-refractivity contribution < 1.29 is 29.0 Å². The Kier molecular flexibility index (Phi) is 7.62. The SMILES string of the molecule is [B]C(=O)N[C@H](C(=O)N1C[C@H](Oc2cc(-c3ccccc3)nc3cc(OC)ccc23)C[C@H]1C(=O)O)C(C)(C)C. The fraction of sp³-hybridized carbons (Fsp3) is 0.357. The summed E-state index contributed by atoms with van der Waals surface area (Å²) in [5.74, 6) is -1.37. The lowest BCUT2D eigenvalue weighted by atomic mass is 9.85. The minimum atomic E-state index is -1.15. The molecule has 1 aliphatic heterocycles. The molecule has 2 heterocycles. The fourth-order valence-electron chi connectivity index (χ4n) is 4.65. The second-order valence-corrected chi connectivity index (χ2v) is 10.4. The van der Waals surface area contributed by atoms with E-state index >= 15 is 0 Å². The second kappa shape index (κ2) is 10.7. The molecule has 196 valence electrons. The highest BCUT2D eigenvalue weighted by atomic mass is 16.5. The molecular weight excluding hydrogens is 485 g/mol. The van der Waals surface area contributed by atoms with E-state index in [1.165, 1.54) is 4.90 Å². The Morgan fingerprint density at radius 3 is 2.45 bits per heavy atom. The van der Waals surface area contributed by atoms with Gasteiger partial charge in [0.2, 0.25) is 13.8 Å². The smallest absolute Gasteiger partial charge is 0.326 e. The Morgan fingerprint density at radius 2 is 1.84 bits per heavy atom. The Bertz CT molecular complexity index is 1360. The number of carboxylic acid groups (broad SMARTS) is 1. The van der Waals surface area contributed by atoms with Crippen LogP contribution in [0.15, 0.2) is 54.6 Å². The van der Waals surface area contributed by atoms with E-state index in [1.807, 2.05) is 48.5 Å². The van der Waals surface area contributed by atoms with Gasteiger partial charge in [0.25, 0.3) is 0 Å². The lowest BCUT2D eigenvalue weighted by molar-refractivity contribution is -0.150. The Morgan fingerprint density at radius 1 is 1.13 bits per heavy atom. The first-order valence-corrected chi connectivity index (χ1v) is 12.3. The number of aliphatic carboxylic acids is 1. The molecule has 2 amide bonds. The molecule has 0 bridgehead atoms. The van der Waals surface area contributed by atoms with E-state index in [4.69, 9.17) is 22.3 Å². The summed E-state index contributed by atoms with van der Waals surface area (Å²) in [6.45, 7) is 5.35. The molecule has 10 heteroatoms. The highest BCUT2D eigenvalue weighted by molar-refractivity contribution is 6.57. The molecule has 2 radical (unpaired) electrons. The molecule has 2 aromatic carbocycles. The summed E-state index contributed by atoms with van der Waals surface area (Å²) in [4.78, 5) is 43.3. The molecule has 2 N–H and O–H groups in total. The standard InChI is InChI=1S/C28H30BN3O6/c1-28(2,3)24(31-27(29)36)25(33)32-15-18(13-22(32)26(34)35)38-23-14-20(16-8-6-5-7-9-16)30-21-12-17(37-4)10-11-19(21)23/h5-12,14,18,22,24H,13,15H2,1-4H3,(H,31,36)(H,34,35)/t18-,22+,24-/m1/s1. The third-order valence-corrected chi connectivity index (χ3v) is 6.57. The molecule has 0 aliphatic carbocycles. The Hall–Kier alpha value is -4.08. The number of hydrogen-bond donors (Lipinski definition) is 2. The topological polar surface area (TPSA) is 118 Å². The number of carboxylic acids is 1. The molecule has 1 aromatic heterocycles. The number of hydrogen-bond acceptors (Lipinski definition) is 6. The summed E-state index contributed by atoms with van der Waals surface area (Å²) in [6.07, 6.45) is -0.527. The molecule has 1 fully saturated rings. The van der Waals surface area contributed by atoms with Gasteiger partial charge in [-0.2, -0.15) is 0 Å². The first kappa shape index (κ1) is 27.0. The quantitative estimate of drug-likeness (QED) is 0.462. The van der Waals surface area contributed by atoms with Crippen LogP contribution in [0.5, 0.6) is 11.5 Å². The van der Waals surface area contributed by atoms with Crippen LogP contribution < -0.4 is 14.8 Å². The fourth-order valence-corrected chi connectivity index (χ4v) is 4.65. The van der Waals surface area contributed by atoms with Crippen LogP contribution in [0.4, 0.5) is 4.79 Å². The molecule has 3 aromatic rings. The molecule has 0 spiro atoms. The lowest BCUT2D eigenvalue weighted by Crippen LogP contribution is -2.56. The highest BCUT2D eigenvalue weighted by Crippen LogP contribution is 2.35. The second-order valence-electron chi connectivity index (χ2n) is 10.4. The number of aromatic nitrogens is 1. The van der Waals surface area contributed by atoms with Crippen LogP contribution in [0, 0.1) is 5.41 Å². The number of fused-ring (bicyclic) bond motifs is 1. The van der Waals surface area contributed by atoms with E-state index in [0.717, 1.165) is 10.9 Å². The summed E-state index contributed by atoms with van der Waals surface area (Å²) < 4.78 is 11.8. The van der Waals surface area contributed by atoms with Crippen LogP contribution in [-0.4, -0.2) is 72.4 Å². The van der Waals surface area contributed by atoms with Crippen molar-refractivity contribution in [3.63, 3.8) is 0 Å². The van der Waals surface area contributed by atoms with E-state index in [1.54, 1.807) is 33.9 Å². The van der Waals surface area contributed by atoms with E-state index in [9.17, 15) is 19.5 Å². The number of amides is 2. The number of methoxy groups -OCH3 is 1. The number of carbonyl (C=O) groups excluding carboxylic acids is 2. The molecule has 0 unspecified atom stereocenters. The van der Waals surface area contributed by atoms with Crippen LogP contribution in [0.2, 0.25) is 0 Å². The summed E-state index contributed by atoms with van der Waals surface area (Å²) in [7, 11) is 6.89. The molecule has 4 rings (SSSR count). The van der Waals surface area contributed by atoms with Crippen LogP contribution in [-0.2, 0) is 9.59 Å². The van der Waals surface area contributed by atoms with Gasteiger partial charge >= 0.3 is 5.97 Å². The maximum absolute atomic E-state index is 13.5. The van der Waals surface area contributed by atoms with Gasteiger partial charge in [-0.3, -0.25) is 9.59 Å². The molecule has 0 saturated carbocycles. The predicted molar refractivity (Wildman–Crippen MR) is 143 cm³/mol. The van der Waals surface area contributed by atoms with Gasteiger partial charge in [-0.1, -0.05) is 51.1 Å². The van der Waals surface area contributed by atoms with Crippen molar-refractivity contribution in [3.8, 4) is 22.8 Å². The molecule has 3 atom stereocenters. The first-order valence-electron chi connectivity index (χ1n) is 12.3. The van der Waals surface area contributed by atoms with Crippen molar-refractivity contribution >= 4 is 36.4 Å². The zero-order chi connectivity index (χ0) is 27.6. The highest BCUT2D eigenvalue weighted by Gasteiger charge is 2.45. The van der Waals surface area contributed by atoms with Gasteiger partial charge in [-0.25, -0.2) is 9.78 Å². The van der Waals surface area contributed by atoms with Gasteiger partial charge in [-0.15, -0.1) is 0 Å². The number of pyridine rings is 1. The number of ether oxygens (including phenoxy) is 2. The van der Waals surface area contributed by atoms with Crippen molar-refractivity contribution in [2.75, 3.05) is 13.7 Å². The van der Waals surface area contributed by atoms with Gasteiger partial charge in [0.15, 0.2) is 5.81 Å². The van der Waals surface area contributed by atoms with Crippen molar-refractivity contribution in [2.24, 2.45) is 5.41 Å². The summed E-state index contributed by atoms with van der Waals surface area (Å²) >= 11 is 0. The minimum absolute atomic E-state index is 0.0312. The van der Waals surface area contributed by atoms with Gasteiger partial charge in [0.05, 0.1) is 24.9 Å². The normalized spacial score (nSPS) is 18.2. The van der Waals surface area contributed by atoms with Crippen molar-refractivity contribution in [1.29, 1.82) is 0 Å². The number of rotatable bonds is 7. The van der Waals surface area contributed by atoms with Crippen LogP contribution in [0.1, 0.15) is 27.2 Å². The molecule has 38 heavy (non-hydrogen) atoms. The number of carbonyl (C=O) groups is 3. The van der Waals surface area contributed by atoms with Crippen LogP contribution in [0.25, 0.3) is 22.2 Å². The van der Waals surface area contributed by atoms with E-state index in [2.05, 4.69) is 5.32 Å². The Labute approximate surface area is 222 Å². The third-order valence-electron chi connectivity index (χ3n) is 6.57. The van der Waals surface area contributed by atoms with Crippen molar-refractivity contribution in [1.82, 2.24) is 15.2 Å². The molecule has 9 nitrogen and oxygen atoms in total. The van der Waals surface area contributed by atoms with Gasteiger partial charge in [0.1, 0.15) is 29.7 Å². The van der Waals surface area contributed by atoms with E-state index < -0.39 is 41.3 Å². The van der Waals surface area contributed by atoms with Crippen LogP contribution >= 0.6 is 0 Å².